The maximum absolute atomic E-state index is 5.53. The maximum atomic E-state index is 5.53. The molecule has 0 aromatic rings. The summed E-state index contributed by atoms with van der Waals surface area (Å²) in [6.45, 7) is 5.26. The zero-order valence-corrected chi connectivity index (χ0v) is 7.57. The van der Waals surface area contributed by atoms with Gasteiger partial charge in [-0.1, -0.05) is 19.4 Å². The lowest BCUT2D eigenvalue weighted by molar-refractivity contribution is 0.150. The first kappa shape index (κ1) is 9.08. The predicted molar refractivity (Wildman–Crippen MR) is 48.0 cm³/mol. The first-order chi connectivity index (χ1) is 5.33. The van der Waals surface area contributed by atoms with Crippen molar-refractivity contribution in [1.29, 1.82) is 0 Å². The van der Waals surface area contributed by atoms with Gasteiger partial charge in [-0.25, -0.2) is 0 Å². The second-order valence-corrected chi connectivity index (χ2v) is 3.44. The third kappa shape index (κ3) is 4.44. The molecule has 0 saturated heterocycles. The topological polar surface area (TPSA) is 9.23 Å². The highest BCUT2D eigenvalue weighted by Crippen LogP contribution is 2.32. The van der Waals surface area contributed by atoms with E-state index < -0.39 is 0 Å². The van der Waals surface area contributed by atoms with Crippen LogP contribution in [0.5, 0.6) is 0 Å². The van der Waals surface area contributed by atoms with Crippen molar-refractivity contribution < 1.29 is 4.74 Å². The van der Waals surface area contributed by atoms with Gasteiger partial charge in [0.25, 0.3) is 0 Å². The van der Waals surface area contributed by atoms with Crippen LogP contribution in [0.15, 0.2) is 12.2 Å². The highest BCUT2D eigenvalue weighted by atomic mass is 35.5. The van der Waals surface area contributed by atoms with Crippen molar-refractivity contribution in [2.24, 2.45) is 5.92 Å². The summed E-state index contributed by atoms with van der Waals surface area (Å²) in [6, 6.07) is 0. The first-order valence-electron chi connectivity index (χ1n) is 4.13. The molecule has 0 aromatic heterocycles. The summed E-state index contributed by atoms with van der Waals surface area (Å²) in [4.78, 5) is 0. The highest BCUT2D eigenvalue weighted by Gasteiger charge is 2.20. The summed E-state index contributed by atoms with van der Waals surface area (Å²) >= 11 is 5.53. The van der Waals surface area contributed by atoms with Crippen LogP contribution in [0.1, 0.15) is 19.3 Å². The fraction of sp³-hybridized carbons (Fsp3) is 0.778. The molecule has 1 aliphatic carbocycles. The van der Waals surface area contributed by atoms with Crippen LogP contribution in [0.2, 0.25) is 0 Å². The Kier molecular flexibility index (Phi) is 3.95. The number of hydrogen-bond donors (Lipinski definition) is 0. The summed E-state index contributed by atoms with van der Waals surface area (Å²) in [7, 11) is 0. The Morgan fingerprint density at radius 3 is 2.82 bits per heavy atom. The lowest BCUT2D eigenvalue weighted by atomic mass is 10.3. The monoisotopic (exact) mass is 174 g/mol. The lowest BCUT2D eigenvalue weighted by Gasteiger charge is -2.02. The van der Waals surface area contributed by atoms with Crippen molar-refractivity contribution >= 4 is 11.6 Å². The Morgan fingerprint density at radius 2 is 2.27 bits per heavy atom. The van der Waals surface area contributed by atoms with Gasteiger partial charge in [0.1, 0.15) is 0 Å². The van der Waals surface area contributed by atoms with E-state index in [4.69, 9.17) is 16.3 Å². The van der Waals surface area contributed by atoms with E-state index in [1.54, 1.807) is 0 Å². The average molecular weight is 175 g/mol. The van der Waals surface area contributed by atoms with Crippen molar-refractivity contribution in [3.8, 4) is 0 Å². The molecule has 1 saturated carbocycles. The molecule has 0 radical (unpaired) electrons. The summed E-state index contributed by atoms with van der Waals surface area (Å²) < 4.78 is 5.35. The number of ether oxygens (including phenoxy) is 1. The van der Waals surface area contributed by atoms with E-state index in [2.05, 4.69) is 6.58 Å². The second kappa shape index (κ2) is 4.78. The molecule has 0 spiro atoms. The molecule has 0 aliphatic heterocycles. The van der Waals surface area contributed by atoms with Crippen LogP contribution in [-0.2, 0) is 4.74 Å². The number of rotatable bonds is 6. The lowest BCUT2D eigenvalue weighted by Crippen LogP contribution is -2.00. The van der Waals surface area contributed by atoms with E-state index in [1.807, 2.05) is 0 Å². The summed E-state index contributed by atoms with van der Waals surface area (Å²) in [5.74, 6) is 1.47. The molecule has 11 heavy (non-hydrogen) atoms. The molecule has 0 heterocycles. The molecular weight excluding hydrogens is 160 g/mol. The summed E-state index contributed by atoms with van der Waals surface area (Å²) in [6.07, 6.45) is 4.02. The summed E-state index contributed by atoms with van der Waals surface area (Å²) in [5, 5.41) is 0. The fourth-order valence-corrected chi connectivity index (χ4v) is 0.989. The maximum Gasteiger partial charge on any atom is 0.0685 e. The predicted octanol–water partition coefficient (Wildman–Crippen LogP) is 2.60. The van der Waals surface area contributed by atoms with Crippen LogP contribution >= 0.6 is 11.6 Å². The molecular formula is C9H15ClO. The van der Waals surface area contributed by atoms with Gasteiger partial charge in [0.15, 0.2) is 0 Å². The van der Waals surface area contributed by atoms with Crippen LogP contribution < -0.4 is 0 Å². The molecule has 1 nitrogen and oxygen atoms in total. The molecule has 0 amide bonds. The zero-order valence-electron chi connectivity index (χ0n) is 6.81. The van der Waals surface area contributed by atoms with Gasteiger partial charge in [-0.05, 0) is 17.9 Å². The van der Waals surface area contributed by atoms with Crippen LogP contribution in [0.3, 0.4) is 0 Å². The molecule has 1 aliphatic rings. The number of hydrogen-bond acceptors (Lipinski definition) is 1. The van der Waals surface area contributed by atoms with E-state index in [1.165, 1.54) is 19.3 Å². The van der Waals surface area contributed by atoms with Crippen LogP contribution in [0, 0.1) is 5.92 Å². The molecule has 0 atom stereocenters. The van der Waals surface area contributed by atoms with Crippen molar-refractivity contribution in [3.63, 3.8) is 0 Å². The molecule has 0 aromatic carbocycles. The quantitative estimate of drug-likeness (QED) is 0.342. The highest BCUT2D eigenvalue weighted by molar-refractivity contribution is 6.19. The van der Waals surface area contributed by atoms with Crippen LogP contribution in [0.4, 0.5) is 0 Å². The van der Waals surface area contributed by atoms with E-state index in [0.717, 1.165) is 18.1 Å². The molecule has 64 valence electrons. The van der Waals surface area contributed by atoms with Gasteiger partial charge >= 0.3 is 0 Å². The SMILES string of the molecule is C=C(CCl)COCCC1CC1. The Hall–Kier alpha value is -0.0100. The van der Waals surface area contributed by atoms with E-state index in [9.17, 15) is 0 Å². The Labute approximate surface area is 73.4 Å². The van der Waals surface area contributed by atoms with Crippen molar-refractivity contribution in [2.75, 3.05) is 19.1 Å². The normalized spacial score (nSPS) is 16.8. The first-order valence-corrected chi connectivity index (χ1v) is 4.66. The average Bonchev–Trinajstić information content (AvgIpc) is 2.81. The zero-order chi connectivity index (χ0) is 8.10. The minimum absolute atomic E-state index is 0.517. The van der Waals surface area contributed by atoms with Gasteiger partial charge in [0, 0.05) is 12.5 Å². The van der Waals surface area contributed by atoms with Crippen molar-refractivity contribution in [3.05, 3.63) is 12.2 Å². The second-order valence-electron chi connectivity index (χ2n) is 3.17. The van der Waals surface area contributed by atoms with E-state index in [-0.39, 0.29) is 0 Å². The molecule has 1 rings (SSSR count). The number of halogens is 1. The minimum atomic E-state index is 0.517. The van der Waals surface area contributed by atoms with Gasteiger partial charge < -0.3 is 4.74 Å². The van der Waals surface area contributed by atoms with E-state index >= 15 is 0 Å². The van der Waals surface area contributed by atoms with Gasteiger partial charge in [0.2, 0.25) is 0 Å². The van der Waals surface area contributed by atoms with E-state index in [0.29, 0.717) is 12.5 Å². The Bertz CT molecular complexity index is 130. The third-order valence-corrected chi connectivity index (χ3v) is 2.24. The number of alkyl halides is 1. The molecule has 2 heteroatoms. The van der Waals surface area contributed by atoms with Gasteiger partial charge in [-0.15, -0.1) is 11.6 Å². The van der Waals surface area contributed by atoms with Crippen LogP contribution in [-0.4, -0.2) is 19.1 Å². The fourth-order valence-electron chi connectivity index (χ4n) is 0.912. The molecule has 1 fully saturated rings. The molecule has 0 bridgehead atoms. The summed E-state index contributed by atoms with van der Waals surface area (Å²) in [5.41, 5.74) is 0.975. The van der Waals surface area contributed by atoms with Crippen molar-refractivity contribution in [2.45, 2.75) is 19.3 Å². The van der Waals surface area contributed by atoms with Crippen LogP contribution in [0.25, 0.3) is 0 Å². The van der Waals surface area contributed by atoms with Crippen molar-refractivity contribution in [1.82, 2.24) is 0 Å². The third-order valence-electron chi connectivity index (χ3n) is 1.86. The smallest absolute Gasteiger partial charge is 0.0685 e. The van der Waals surface area contributed by atoms with Gasteiger partial charge in [-0.3, -0.25) is 0 Å². The van der Waals surface area contributed by atoms with Gasteiger partial charge in [-0.2, -0.15) is 0 Å². The Morgan fingerprint density at radius 1 is 1.55 bits per heavy atom. The largest absolute Gasteiger partial charge is 0.377 e. The van der Waals surface area contributed by atoms with Gasteiger partial charge in [0.05, 0.1) is 6.61 Å². The molecule has 0 N–H and O–H groups in total. The molecule has 0 unspecified atom stereocenters. The minimum Gasteiger partial charge on any atom is -0.377 e. The standard InChI is InChI=1S/C9H15ClO/c1-8(6-10)7-11-5-4-9-2-3-9/h9H,1-7H2. The Balaban J connectivity index is 1.82.